The van der Waals surface area contributed by atoms with Crippen LogP contribution in [-0.2, 0) is 20.7 Å². The molecule has 7 nitrogen and oxygen atoms in total. The van der Waals surface area contributed by atoms with Gasteiger partial charge in [-0.3, -0.25) is 9.59 Å². The molecule has 1 aliphatic rings. The number of ether oxygens (including phenoxy) is 1. The summed E-state index contributed by atoms with van der Waals surface area (Å²) in [6.45, 7) is 1.27. The van der Waals surface area contributed by atoms with Gasteiger partial charge in [-0.05, 0) is 37.8 Å². The normalized spacial score (nSPS) is 16.2. The number of rotatable bonds is 6. The van der Waals surface area contributed by atoms with E-state index in [2.05, 4.69) is 16.5 Å². The minimum Gasteiger partial charge on any atom is -0.455 e. The van der Waals surface area contributed by atoms with E-state index < -0.39 is 24.0 Å². The molecule has 0 bridgehead atoms. The molecule has 1 amide bonds. The van der Waals surface area contributed by atoms with Crippen LogP contribution in [0.1, 0.15) is 25.5 Å². The van der Waals surface area contributed by atoms with Gasteiger partial charge < -0.3 is 14.6 Å². The smallest absolute Gasteiger partial charge is 0.312 e. The predicted octanol–water partition coefficient (Wildman–Crippen LogP) is 1.72. The third kappa shape index (κ3) is 3.38. The van der Waals surface area contributed by atoms with Crippen molar-refractivity contribution in [2.45, 2.75) is 31.7 Å². The second-order valence-corrected chi connectivity index (χ2v) is 6.10. The number of carbonyl (C=O) groups is 2. The summed E-state index contributed by atoms with van der Waals surface area (Å²) in [5.74, 6) is -0.887. The number of fused-ring (bicyclic) bond motifs is 1. The number of hydrogen-bond donors (Lipinski definition) is 1. The van der Waals surface area contributed by atoms with Gasteiger partial charge in [0, 0.05) is 5.39 Å². The second-order valence-electron chi connectivity index (χ2n) is 6.10. The first-order valence-corrected chi connectivity index (χ1v) is 7.73. The quantitative estimate of drug-likeness (QED) is 0.810. The van der Waals surface area contributed by atoms with Gasteiger partial charge in [0.25, 0.3) is 5.91 Å². The summed E-state index contributed by atoms with van der Waals surface area (Å²) in [5, 5.41) is 16.4. The molecular weight excluding hydrogens is 310 g/mol. The lowest BCUT2D eigenvalue weighted by Crippen LogP contribution is -2.48. The van der Waals surface area contributed by atoms with Gasteiger partial charge in [0.15, 0.2) is 12.2 Å². The second kappa shape index (κ2) is 6.32. The van der Waals surface area contributed by atoms with Gasteiger partial charge in [-0.2, -0.15) is 5.26 Å². The van der Waals surface area contributed by atoms with Crippen LogP contribution in [0, 0.1) is 17.2 Å². The van der Waals surface area contributed by atoms with Crippen molar-refractivity contribution in [3.05, 3.63) is 30.0 Å². The average Bonchev–Trinajstić information content (AvgIpc) is 3.37. The van der Waals surface area contributed by atoms with Crippen LogP contribution in [0.15, 0.2) is 28.8 Å². The van der Waals surface area contributed by atoms with E-state index in [0.717, 1.165) is 18.2 Å². The first kappa shape index (κ1) is 16.0. The van der Waals surface area contributed by atoms with Gasteiger partial charge in [-0.1, -0.05) is 17.3 Å². The fourth-order valence-electron chi connectivity index (χ4n) is 2.61. The number of carbonyl (C=O) groups excluding carboxylic acids is 2. The van der Waals surface area contributed by atoms with E-state index in [-0.39, 0.29) is 12.3 Å². The summed E-state index contributed by atoms with van der Waals surface area (Å²) >= 11 is 0. The predicted molar refractivity (Wildman–Crippen MR) is 83.6 cm³/mol. The summed E-state index contributed by atoms with van der Waals surface area (Å²) in [5.41, 5.74) is 0.161. The summed E-state index contributed by atoms with van der Waals surface area (Å²) in [6, 6.07) is 9.31. The molecule has 1 atom stereocenters. The largest absolute Gasteiger partial charge is 0.455 e. The number of nitrogens with one attached hydrogen (secondary N) is 1. The van der Waals surface area contributed by atoms with Crippen LogP contribution in [0.5, 0.6) is 0 Å². The number of nitriles is 1. The molecule has 1 fully saturated rings. The Kier molecular flexibility index (Phi) is 4.21. The van der Waals surface area contributed by atoms with Crippen LogP contribution >= 0.6 is 0 Å². The van der Waals surface area contributed by atoms with Gasteiger partial charge >= 0.3 is 5.97 Å². The Morgan fingerprint density at radius 3 is 2.92 bits per heavy atom. The highest BCUT2D eigenvalue weighted by Crippen LogP contribution is 2.39. The number of hydrogen-bond acceptors (Lipinski definition) is 6. The van der Waals surface area contributed by atoms with Gasteiger partial charge in [0.1, 0.15) is 11.2 Å². The Morgan fingerprint density at radius 2 is 2.21 bits per heavy atom. The van der Waals surface area contributed by atoms with E-state index in [1.807, 2.05) is 12.1 Å². The molecule has 124 valence electrons. The number of amides is 1. The number of nitrogens with zero attached hydrogens (tertiary/aromatic N) is 2. The van der Waals surface area contributed by atoms with E-state index in [1.165, 1.54) is 0 Å². The Hall–Kier alpha value is -2.88. The molecule has 1 aromatic carbocycles. The third-order valence-electron chi connectivity index (χ3n) is 4.15. The Bertz CT molecular complexity index is 819. The number of para-hydroxylation sites is 1. The van der Waals surface area contributed by atoms with Crippen LogP contribution in [-0.4, -0.2) is 29.2 Å². The molecule has 7 heteroatoms. The molecule has 24 heavy (non-hydrogen) atoms. The monoisotopic (exact) mass is 327 g/mol. The highest BCUT2D eigenvalue weighted by molar-refractivity contribution is 5.85. The summed E-state index contributed by atoms with van der Waals surface area (Å²) < 4.78 is 10.1. The fraction of sp³-hybridized carbons (Fsp3) is 0.412. The zero-order valence-electron chi connectivity index (χ0n) is 13.2. The molecule has 1 N–H and O–H groups in total. The van der Waals surface area contributed by atoms with Crippen molar-refractivity contribution in [1.29, 1.82) is 5.26 Å². The molecule has 0 aliphatic heterocycles. The van der Waals surface area contributed by atoms with Crippen molar-refractivity contribution in [3.8, 4) is 6.07 Å². The van der Waals surface area contributed by atoms with E-state index in [9.17, 15) is 14.9 Å². The fourth-order valence-corrected chi connectivity index (χ4v) is 2.61. The van der Waals surface area contributed by atoms with Crippen molar-refractivity contribution in [3.63, 3.8) is 0 Å². The maximum Gasteiger partial charge on any atom is 0.312 e. The lowest BCUT2D eigenvalue weighted by atomic mass is 9.98. The summed E-state index contributed by atoms with van der Waals surface area (Å²) in [7, 11) is 0. The molecule has 0 saturated heterocycles. The maximum atomic E-state index is 11.9. The van der Waals surface area contributed by atoms with Crippen molar-refractivity contribution >= 4 is 22.8 Å². The highest BCUT2D eigenvalue weighted by atomic mass is 16.5. The van der Waals surface area contributed by atoms with Gasteiger partial charge in [0.2, 0.25) is 0 Å². The first-order valence-electron chi connectivity index (χ1n) is 7.73. The highest BCUT2D eigenvalue weighted by Gasteiger charge is 2.43. The summed E-state index contributed by atoms with van der Waals surface area (Å²) in [4.78, 5) is 23.8. The van der Waals surface area contributed by atoms with Gasteiger partial charge in [-0.15, -0.1) is 0 Å². The standard InChI is InChI=1S/C17H17N3O4/c1-17(10-18,11-6-7-11)19-15(21)9-23-16(22)8-13-12-4-2-3-5-14(12)24-20-13/h2-5,11H,6-9H2,1H3,(H,19,21). The SMILES string of the molecule is CC(C#N)(NC(=O)COC(=O)Cc1noc2ccccc12)C1CC1. The Morgan fingerprint density at radius 1 is 1.46 bits per heavy atom. The molecule has 2 aromatic rings. The van der Waals surface area contributed by atoms with Crippen LogP contribution in [0.4, 0.5) is 0 Å². The zero-order valence-corrected chi connectivity index (χ0v) is 13.2. The number of esters is 1. The molecular formula is C17H17N3O4. The zero-order chi connectivity index (χ0) is 17.2. The molecule has 1 aromatic heterocycles. The van der Waals surface area contributed by atoms with Gasteiger partial charge in [0.05, 0.1) is 12.5 Å². The van der Waals surface area contributed by atoms with Crippen LogP contribution < -0.4 is 5.32 Å². The van der Waals surface area contributed by atoms with E-state index in [4.69, 9.17) is 9.26 Å². The molecule has 3 rings (SSSR count). The minimum absolute atomic E-state index is 0.0809. The van der Waals surface area contributed by atoms with Crippen LogP contribution in [0.3, 0.4) is 0 Å². The lowest BCUT2D eigenvalue weighted by molar-refractivity contribution is -0.148. The number of aromatic nitrogens is 1. The molecule has 0 radical (unpaired) electrons. The molecule has 1 saturated carbocycles. The lowest BCUT2D eigenvalue weighted by Gasteiger charge is -2.22. The topological polar surface area (TPSA) is 105 Å². The summed E-state index contributed by atoms with van der Waals surface area (Å²) in [6.07, 6.45) is 1.76. The van der Waals surface area contributed by atoms with Crippen molar-refractivity contribution < 1.29 is 18.8 Å². The van der Waals surface area contributed by atoms with E-state index in [0.29, 0.717) is 11.3 Å². The third-order valence-corrected chi connectivity index (χ3v) is 4.15. The van der Waals surface area contributed by atoms with Crippen molar-refractivity contribution in [1.82, 2.24) is 10.5 Å². The average molecular weight is 327 g/mol. The van der Waals surface area contributed by atoms with Gasteiger partial charge in [-0.25, -0.2) is 0 Å². The molecule has 1 aliphatic carbocycles. The first-order chi connectivity index (χ1) is 11.5. The van der Waals surface area contributed by atoms with Crippen LogP contribution in [0.2, 0.25) is 0 Å². The van der Waals surface area contributed by atoms with Crippen molar-refractivity contribution in [2.75, 3.05) is 6.61 Å². The Balaban J connectivity index is 1.52. The molecule has 1 heterocycles. The van der Waals surface area contributed by atoms with E-state index >= 15 is 0 Å². The molecule has 0 spiro atoms. The van der Waals surface area contributed by atoms with Crippen molar-refractivity contribution in [2.24, 2.45) is 5.92 Å². The van der Waals surface area contributed by atoms with E-state index in [1.54, 1.807) is 19.1 Å². The maximum absolute atomic E-state index is 11.9. The molecule has 1 unspecified atom stereocenters. The van der Waals surface area contributed by atoms with Crippen LogP contribution in [0.25, 0.3) is 11.0 Å². The minimum atomic E-state index is -0.897. The Labute approximate surface area is 138 Å². The number of benzene rings is 1.